The molecule has 0 amide bonds. The second kappa shape index (κ2) is 8.28. The molecule has 0 bridgehead atoms. The van der Waals surface area contributed by atoms with Crippen LogP contribution in [0.3, 0.4) is 0 Å². The minimum absolute atomic E-state index is 0.0879. The second-order valence-corrected chi connectivity index (χ2v) is 9.62. The molecule has 1 fully saturated rings. The lowest BCUT2D eigenvalue weighted by atomic mass is 9.90. The second-order valence-electron chi connectivity index (χ2n) is 7.90. The molecule has 0 saturated carbocycles. The smallest absolute Gasteiger partial charge is 0.172 e. The van der Waals surface area contributed by atoms with Crippen LogP contribution in [0.4, 0.5) is 0 Å². The van der Waals surface area contributed by atoms with Gasteiger partial charge in [-0.1, -0.05) is 41.0 Å². The normalized spacial score (nSPS) is 21.2. The monoisotopic (exact) mass is 429 g/mol. The number of benzene rings is 1. The molecule has 0 radical (unpaired) electrons. The predicted octanol–water partition coefficient (Wildman–Crippen LogP) is 5.37. The van der Waals surface area contributed by atoms with Gasteiger partial charge in [0.2, 0.25) is 0 Å². The molecule has 1 aromatic carbocycles. The minimum Gasteiger partial charge on any atom is -0.389 e. The number of ketones is 1. The third-order valence-electron chi connectivity index (χ3n) is 5.56. The first kappa shape index (κ1) is 20.1. The molecular formula is C22H24ClN3O2S. The highest BCUT2D eigenvalue weighted by Crippen LogP contribution is 2.32. The van der Waals surface area contributed by atoms with Crippen LogP contribution in [-0.4, -0.2) is 40.9 Å². The van der Waals surface area contributed by atoms with Crippen LogP contribution in [0.15, 0.2) is 41.6 Å². The van der Waals surface area contributed by atoms with Crippen molar-refractivity contribution < 1.29 is 9.63 Å². The van der Waals surface area contributed by atoms with Gasteiger partial charge in [-0.05, 0) is 43.9 Å². The van der Waals surface area contributed by atoms with Gasteiger partial charge in [-0.25, -0.2) is 0 Å². The molecule has 1 N–H and O–H groups in total. The van der Waals surface area contributed by atoms with Crippen LogP contribution in [-0.2, 0) is 4.84 Å². The molecule has 2 aliphatic rings. The predicted molar refractivity (Wildman–Crippen MR) is 118 cm³/mol. The summed E-state index contributed by atoms with van der Waals surface area (Å²) >= 11 is 7.23. The van der Waals surface area contributed by atoms with Crippen LogP contribution in [0.2, 0.25) is 4.34 Å². The topological polar surface area (TPSA) is 65.8 Å². The molecule has 3 heterocycles. The molecule has 152 valence electrons. The quantitative estimate of drug-likeness (QED) is 0.381. The number of nitrogens with one attached hydrogen (secondary N) is 1. The van der Waals surface area contributed by atoms with E-state index in [9.17, 15) is 4.79 Å². The summed E-state index contributed by atoms with van der Waals surface area (Å²) in [6.07, 6.45) is 3.99. The Labute approximate surface area is 179 Å². The average molecular weight is 430 g/mol. The summed E-state index contributed by atoms with van der Waals surface area (Å²) in [5.74, 6) is 0.681. The van der Waals surface area contributed by atoms with Gasteiger partial charge < -0.3 is 9.74 Å². The van der Waals surface area contributed by atoms with Gasteiger partial charge in [0.05, 0.1) is 14.9 Å². The van der Waals surface area contributed by atoms with E-state index in [0.29, 0.717) is 34.3 Å². The molecule has 0 spiro atoms. The van der Waals surface area contributed by atoms with Crippen LogP contribution in [0, 0.1) is 5.41 Å². The standard InChI is InChI=1S/C22H24ClN3O2S/c1-22(11-10-18(27)19-8-9-20(23)29-19)14-17(25-28-22)15-4-6-16(7-5-15)21(24)26-12-2-3-13-26/h4-9,24H,2-3,10-14H2,1H3. The van der Waals surface area contributed by atoms with Crippen molar-refractivity contribution in [1.29, 1.82) is 5.41 Å². The van der Waals surface area contributed by atoms with Crippen LogP contribution >= 0.6 is 22.9 Å². The fraction of sp³-hybridized carbons (Fsp3) is 0.409. The Balaban J connectivity index is 1.34. The fourth-order valence-electron chi connectivity index (χ4n) is 3.78. The molecule has 5 nitrogen and oxygen atoms in total. The number of carbonyl (C=O) groups excluding carboxylic acids is 1. The Kier molecular flexibility index (Phi) is 5.74. The van der Waals surface area contributed by atoms with Gasteiger partial charge in [0.1, 0.15) is 11.4 Å². The maximum absolute atomic E-state index is 12.4. The number of halogens is 1. The summed E-state index contributed by atoms with van der Waals surface area (Å²) in [5, 5.41) is 12.7. The highest BCUT2D eigenvalue weighted by Gasteiger charge is 2.35. The number of Topliss-reactive ketones (excluding diaryl/α,β-unsaturated/α-hetero) is 1. The molecule has 2 aromatic rings. The van der Waals surface area contributed by atoms with Crippen LogP contribution in [0.5, 0.6) is 0 Å². The Morgan fingerprint density at radius 3 is 2.62 bits per heavy atom. The molecule has 4 rings (SSSR count). The Hall–Kier alpha value is -2.18. The SMILES string of the molecule is CC1(CCC(=O)c2ccc(Cl)s2)CC(c2ccc(C(=N)N3CCCC3)cc2)=NO1. The van der Waals surface area contributed by atoms with Gasteiger partial charge in [-0.3, -0.25) is 10.2 Å². The van der Waals surface area contributed by atoms with Gasteiger partial charge in [0, 0.05) is 31.5 Å². The van der Waals surface area contributed by atoms with Crippen molar-refractivity contribution in [3.8, 4) is 0 Å². The maximum atomic E-state index is 12.4. The highest BCUT2D eigenvalue weighted by atomic mass is 35.5. The zero-order chi connectivity index (χ0) is 20.4. The van der Waals surface area contributed by atoms with Crippen LogP contribution in [0.1, 0.15) is 59.8 Å². The van der Waals surface area contributed by atoms with Crippen molar-refractivity contribution in [3.05, 3.63) is 56.7 Å². The van der Waals surface area contributed by atoms with E-state index in [2.05, 4.69) is 10.1 Å². The van der Waals surface area contributed by atoms with Crippen molar-refractivity contribution in [2.24, 2.45) is 5.16 Å². The minimum atomic E-state index is -0.479. The van der Waals surface area contributed by atoms with E-state index < -0.39 is 5.60 Å². The molecule has 1 unspecified atom stereocenters. The molecule has 2 aliphatic heterocycles. The first-order chi connectivity index (χ1) is 13.9. The highest BCUT2D eigenvalue weighted by molar-refractivity contribution is 7.18. The van der Waals surface area contributed by atoms with Crippen molar-refractivity contribution in [3.63, 3.8) is 0 Å². The Morgan fingerprint density at radius 2 is 1.97 bits per heavy atom. The molecular weight excluding hydrogens is 406 g/mol. The number of hydrogen-bond acceptors (Lipinski definition) is 5. The zero-order valence-corrected chi connectivity index (χ0v) is 18.0. The average Bonchev–Trinajstić information content (AvgIpc) is 3.47. The molecule has 7 heteroatoms. The van der Waals surface area contributed by atoms with Crippen molar-refractivity contribution in [1.82, 2.24) is 4.90 Å². The van der Waals surface area contributed by atoms with Gasteiger partial charge in [-0.15, -0.1) is 11.3 Å². The van der Waals surface area contributed by atoms with Crippen LogP contribution in [0.25, 0.3) is 0 Å². The van der Waals surface area contributed by atoms with E-state index in [4.69, 9.17) is 21.8 Å². The fourth-order valence-corrected chi connectivity index (χ4v) is 4.79. The summed E-state index contributed by atoms with van der Waals surface area (Å²) in [4.78, 5) is 20.9. The van der Waals surface area contributed by atoms with E-state index in [0.717, 1.165) is 42.8 Å². The largest absolute Gasteiger partial charge is 0.389 e. The lowest BCUT2D eigenvalue weighted by Gasteiger charge is -2.20. The molecule has 1 saturated heterocycles. The van der Waals surface area contributed by atoms with Crippen LogP contribution < -0.4 is 0 Å². The van der Waals surface area contributed by atoms with Crippen molar-refractivity contribution in [2.75, 3.05) is 13.1 Å². The number of oxime groups is 1. The number of amidine groups is 1. The molecule has 29 heavy (non-hydrogen) atoms. The number of hydrogen-bond donors (Lipinski definition) is 1. The van der Waals surface area contributed by atoms with Gasteiger partial charge >= 0.3 is 0 Å². The number of likely N-dealkylation sites (tertiary alicyclic amines) is 1. The lowest BCUT2D eigenvalue weighted by molar-refractivity contribution is -0.0103. The number of nitrogens with zero attached hydrogens (tertiary/aromatic N) is 2. The maximum Gasteiger partial charge on any atom is 0.172 e. The van der Waals surface area contributed by atoms with Gasteiger partial charge in [-0.2, -0.15) is 0 Å². The third kappa shape index (κ3) is 4.54. The van der Waals surface area contributed by atoms with E-state index in [1.54, 1.807) is 12.1 Å². The first-order valence-corrected chi connectivity index (χ1v) is 11.1. The van der Waals surface area contributed by atoms with E-state index in [1.165, 1.54) is 11.3 Å². The number of rotatable bonds is 6. The van der Waals surface area contributed by atoms with Gasteiger partial charge in [0.15, 0.2) is 5.78 Å². The summed E-state index contributed by atoms with van der Waals surface area (Å²) in [7, 11) is 0. The van der Waals surface area contributed by atoms with E-state index in [-0.39, 0.29) is 5.78 Å². The molecule has 1 aromatic heterocycles. The number of thiophene rings is 1. The lowest BCUT2D eigenvalue weighted by Crippen LogP contribution is -2.27. The Bertz CT molecular complexity index is 947. The van der Waals surface area contributed by atoms with E-state index >= 15 is 0 Å². The zero-order valence-electron chi connectivity index (χ0n) is 16.4. The summed E-state index contributed by atoms with van der Waals surface area (Å²) < 4.78 is 0.628. The third-order valence-corrected chi connectivity index (χ3v) is 6.83. The molecule has 0 aliphatic carbocycles. The molecule has 1 atom stereocenters. The van der Waals surface area contributed by atoms with Crippen molar-refractivity contribution in [2.45, 2.75) is 44.6 Å². The van der Waals surface area contributed by atoms with Gasteiger partial charge in [0.25, 0.3) is 0 Å². The van der Waals surface area contributed by atoms with E-state index in [1.807, 2.05) is 31.2 Å². The number of carbonyl (C=O) groups is 1. The summed E-state index contributed by atoms with van der Waals surface area (Å²) in [6.45, 7) is 3.93. The van der Waals surface area contributed by atoms with Crippen molar-refractivity contribution >= 4 is 40.3 Å². The summed E-state index contributed by atoms with van der Waals surface area (Å²) in [5.41, 5.74) is 2.34. The Morgan fingerprint density at radius 1 is 1.24 bits per heavy atom. The summed E-state index contributed by atoms with van der Waals surface area (Å²) in [6, 6.07) is 11.5. The first-order valence-electron chi connectivity index (χ1n) is 9.91.